The van der Waals surface area contributed by atoms with Crippen LogP contribution in [0.5, 0.6) is 5.75 Å². The summed E-state index contributed by atoms with van der Waals surface area (Å²) < 4.78 is 13.8. The standard InChI is InChI=1S/C8H10O2/c9-6-5-7-1-3-8(10)4-2-7/h1-4,9-10H,5-6H2/i6D2. The van der Waals surface area contributed by atoms with Crippen LogP contribution in [0.15, 0.2) is 24.3 Å². The SMILES string of the molecule is [2H]C([2H])(O)Cc1ccc(O)cc1. The van der Waals surface area contributed by atoms with E-state index in [1.165, 1.54) is 12.1 Å². The maximum atomic E-state index is 8.90. The molecular formula is C8H10O2. The Labute approximate surface area is 62.6 Å². The third-order valence-electron chi connectivity index (χ3n) is 1.22. The van der Waals surface area contributed by atoms with Gasteiger partial charge in [0.15, 0.2) is 0 Å². The summed E-state index contributed by atoms with van der Waals surface area (Å²) in [5.41, 5.74) is 0.653. The van der Waals surface area contributed by atoms with Crippen molar-refractivity contribution in [1.29, 1.82) is 0 Å². The third-order valence-corrected chi connectivity index (χ3v) is 1.22. The van der Waals surface area contributed by atoms with E-state index in [4.69, 9.17) is 13.0 Å². The smallest absolute Gasteiger partial charge is 0.115 e. The molecule has 2 heteroatoms. The van der Waals surface area contributed by atoms with Crippen molar-refractivity contribution in [1.82, 2.24) is 0 Å². The van der Waals surface area contributed by atoms with Gasteiger partial charge in [-0.3, -0.25) is 0 Å². The van der Waals surface area contributed by atoms with Crippen LogP contribution in [0.25, 0.3) is 0 Å². The number of benzene rings is 1. The van der Waals surface area contributed by atoms with Crippen LogP contribution >= 0.6 is 0 Å². The topological polar surface area (TPSA) is 40.5 Å². The van der Waals surface area contributed by atoms with Crippen molar-refractivity contribution in [2.45, 2.75) is 6.42 Å². The fraction of sp³-hybridized carbons (Fsp3) is 0.250. The molecule has 1 aromatic rings. The van der Waals surface area contributed by atoms with Crippen molar-refractivity contribution in [2.75, 3.05) is 6.56 Å². The molecule has 54 valence electrons. The van der Waals surface area contributed by atoms with Gasteiger partial charge in [-0.25, -0.2) is 0 Å². The van der Waals surface area contributed by atoms with Gasteiger partial charge in [0.05, 0.1) is 2.74 Å². The Morgan fingerprint density at radius 3 is 2.40 bits per heavy atom. The van der Waals surface area contributed by atoms with E-state index >= 15 is 0 Å². The van der Waals surface area contributed by atoms with E-state index in [0.717, 1.165) is 0 Å². The second-order valence-electron chi connectivity index (χ2n) is 2.00. The minimum Gasteiger partial charge on any atom is -0.508 e. The maximum Gasteiger partial charge on any atom is 0.115 e. The molecule has 2 N–H and O–H groups in total. The average molecular weight is 140 g/mol. The van der Waals surface area contributed by atoms with E-state index in [1.54, 1.807) is 12.1 Å². The largest absolute Gasteiger partial charge is 0.508 e. The summed E-state index contributed by atoms with van der Waals surface area (Å²) in [6.45, 7) is -2.18. The van der Waals surface area contributed by atoms with Crippen LogP contribution in [0.2, 0.25) is 0 Å². The van der Waals surface area contributed by atoms with Gasteiger partial charge in [0.1, 0.15) is 5.75 Å². The highest BCUT2D eigenvalue weighted by Crippen LogP contribution is 2.09. The number of rotatable bonds is 2. The van der Waals surface area contributed by atoms with E-state index in [2.05, 4.69) is 0 Å². The van der Waals surface area contributed by atoms with Crippen molar-refractivity contribution in [3.8, 4) is 5.75 Å². The molecule has 0 aliphatic carbocycles. The molecule has 0 amide bonds. The molecule has 10 heavy (non-hydrogen) atoms. The fourth-order valence-corrected chi connectivity index (χ4v) is 0.705. The molecule has 0 heterocycles. The van der Waals surface area contributed by atoms with E-state index in [1.807, 2.05) is 0 Å². The molecular weight excluding hydrogens is 128 g/mol. The Morgan fingerprint density at radius 2 is 1.90 bits per heavy atom. The number of aliphatic hydroxyl groups is 1. The minimum atomic E-state index is -2.18. The van der Waals surface area contributed by atoms with Gasteiger partial charge in [-0.15, -0.1) is 0 Å². The lowest BCUT2D eigenvalue weighted by Gasteiger charge is -1.96. The van der Waals surface area contributed by atoms with Crippen LogP contribution in [0.1, 0.15) is 8.30 Å². The fourth-order valence-electron chi connectivity index (χ4n) is 0.705. The zero-order valence-electron chi connectivity index (χ0n) is 7.41. The summed E-state index contributed by atoms with van der Waals surface area (Å²) in [7, 11) is 0. The van der Waals surface area contributed by atoms with E-state index in [-0.39, 0.29) is 12.2 Å². The minimum absolute atomic E-state index is 0.0622. The normalized spacial score (nSPS) is 14.1. The Bertz CT molecular complexity index is 251. The molecule has 0 atom stereocenters. The third kappa shape index (κ3) is 1.74. The lowest BCUT2D eigenvalue weighted by Crippen LogP contribution is -1.88. The summed E-state index contributed by atoms with van der Waals surface area (Å²) in [4.78, 5) is 0. The van der Waals surface area contributed by atoms with Crippen LogP contribution in [0, 0.1) is 0 Å². The van der Waals surface area contributed by atoms with Crippen molar-refractivity contribution < 1.29 is 13.0 Å². The van der Waals surface area contributed by atoms with Gasteiger partial charge in [0, 0.05) is 6.56 Å². The molecule has 0 radical (unpaired) electrons. The number of hydrogen-bond donors (Lipinski definition) is 2. The number of phenolic OH excluding ortho intramolecular Hbond substituents is 1. The summed E-state index contributed by atoms with van der Waals surface area (Å²) in [5.74, 6) is 0.136. The van der Waals surface area contributed by atoms with E-state index < -0.39 is 6.56 Å². The maximum absolute atomic E-state index is 8.90. The van der Waals surface area contributed by atoms with Crippen LogP contribution in [-0.2, 0) is 6.42 Å². The van der Waals surface area contributed by atoms with Crippen LogP contribution < -0.4 is 0 Å². The van der Waals surface area contributed by atoms with Gasteiger partial charge in [-0.05, 0) is 24.1 Å². The van der Waals surface area contributed by atoms with Crippen LogP contribution in [-0.4, -0.2) is 16.8 Å². The Hall–Kier alpha value is -1.02. The summed E-state index contributed by atoms with van der Waals surface area (Å²) >= 11 is 0. The van der Waals surface area contributed by atoms with Crippen LogP contribution in [0.3, 0.4) is 0 Å². The van der Waals surface area contributed by atoms with Crippen molar-refractivity contribution in [3.63, 3.8) is 0 Å². The van der Waals surface area contributed by atoms with Crippen molar-refractivity contribution in [3.05, 3.63) is 29.8 Å². The summed E-state index contributed by atoms with van der Waals surface area (Å²) in [5, 5.41) is 17.7. The van der Waals surface area contributed by atoms with Crippen molar-refractivity contribution >= 4 is 0 Å². The number of aryl methyl sites for hydroxylation is 1. The first kappa shape index (κ1) is 4.74. The van der Waals surface area contributed by atoms with Gasteiger partial charge in [-0.1, -0.05) is 12.1 Å². The monoisotopic (exact) mass is 140 g/mol. The zero-order chi connectivity index (χ0) is 9.19. The average Bonchev–Trinajstić information content (AvgIpc) is 1.91. The predicted octanol–water partition coefficient (Wildman–Crippen LogP) is 0.927. The van der Waals surface area contributed by atoms with E-state index in [0.29, 0.717) is 5.56 Å². The molecule has 0 saturated heterocycles. The molecule has 0 fully saturated rings. The molecule has 0 unspecified atom stereocenters. The summed E-state index contributed by atoms with van der Waals surface area (Å²) in [6, 6.07) is 6.06. The highest BCUT2D eigenvalue weighted by Gasteiger charge is 1.90. The first-order valence-electron chi connectivity index (χ1n) is 3.98. The second-order valence-corrected chi connectivity index (χ2v) is 2.00. The molecule has 0 aromatic heterocycles. The molecule has 0 saturated carbocycles. The first-order chi connectivity index (χ1) is 5.47. The van der Waals surface area contributed by atoms with Crippen LogP contribution in [0.4, 0.5) is 0 Å². The van der Waals surface area contributed by atoms with Gasteiger partial charge in [0.25, 0.3) is 0 Å². The Morgan fingerprint density at radius 1 is 1.30 bits per heavy atom. The number of phenols is 1. The molecule has 0 aliphatic heterocycles. The Balaban J connectivity index is 2.71. The number of aromatic hydroxyl groups is 1. The molecule has 0 aliphatic rings. The highest BCUT2D eigenvalue weighted by molar-refractivity contribution is 5.25. The summed E-state index contributed by atoms with van der Waals surface area (Å²) in [6.07, 6.45) is -0.0622. The lowest BCUT2D eigenvalue weighted by molar-refractivity contribution is 0.299. The molecule has 1 aromatic carbocycles. The molecule has 0 spiro atoms. The van der Waals surface area contributed by atoms with Gasteiger partial charge in [-0.2, -0.15) is 0 Å². The second kappa shape index (κ2) is 3.22. The van der Waals surface area contributed by atoms with Gasteiger partial charge in [0.2, 0.25) is 0 Å². The van der Waals surface area contributed by atoms with Gasteiger partial charge < -0.3 is 10.2 Å². The van der Waals surface area contributed by atoms with Gasteiger partial charge >= 0.3 is 0 Å². The predicted molar refractivity (Wildman–Crippen MR) is 38.9 cm³/mol. The molecule has 2 nitrogen and oxygen atoms in total. The lowest BCUT2D eigenvalue weighted by atomic mass is 10.2. The quantitative estimate of drug-likeness (QED) is 0.641. The van der Waals surface area contributed by atoms with Crippen molar-refractivity contribution in [2.24, 2.45) is 0 Å². The Kier molecular flexibility index (Phi) is 1.53. The zero-order valence-corrected chi connectivity index (χ0v) is 5.41. The first-order valence-corrected chi connectivity index (χ1v) is 2.98. The van der Waals surface area contributed by atoms with E-state index in [9.17, 15) is 0 Å². The highest BCUT2D eigenvalue weighted by atomic mass is 16.3. The number of hydrogen-bond acceptors (Lipinski definition) is 2. The molecule has 1 rings (SSSR count). The molecule has 0 bridgehead atoms.